The Kier molecular flexibility index (Phi) is 2.09. The molecule has 0 bridgehead atoms. The Labute approximate surface area is 84.4 Å². The second kappa shape index (κ2) is 3.04. The molecule has 0 aromatic rings. The number of carbonyl (C=O) groups is 2. The average Bonchev–Trinajstić information content (AvgIpc) is 2.43. The summed E-state index contributed by atoms with van der Waals surface area (Å²) >= 11 is 0. The molecule has 76 valence electrons. The highest BCUT2D eigenvalue weighted by molar-refractivity contribution is 6.08. The van der Waals surface area contributed by atoms with Crippen LogP contribution in [0.5, 0.6) is 0 Å². The van der Waals surface area contributed by atoms with Gasteiger partial charge in [-0.05, 0) is 19.3 Å². The Balaban J connectivity index is 2.17. The van der Waals surface area contributed by atoms with Gasteiger partial charge in [0, 0.05) is 11.8 Å². The topological polar surface area (TPSA) is 34.1 Å². The van der Waals surface area contributed by atoms with Crippen molar-refractivity contribution in [3.63, 3.8) is 0 Å². The fourth-order valence-corrected chi connectivity index (χ4v) is 2.64. The van der Waals surface area contributed by atoms with Crippen LogP contribution >= 0.6 is 0 Å². The number of hydrogen-bond acceptors (Lipinski definition) is 2. The molecule has 0 saturated heterocycles. The first-order chi connectivity index (χ1) is 6.52. The lowest BCUT2D eigenvalue weighted by molar-refractivity contribution is -0.146. The molecule has 2 rings (SSSR count). The smallest absolute Gasteiger partial charge is 0.147 e. The van der Waals surface area contributed by atoms with Gasteiger partial charge in [0.15, 0.2) is 0 Å². The molecule has 3 atom stereocenters. The zero-order valence-corrected chi connectivity index (χ0v) is 8.91. The van der Waals surface area contributed by atoms with Gasteiger partial charge in [-0.1, -0.05) is 25.5 Å². The van der Waals surface area contributed by atoms with E-state index >= 15 is 0 Å². The average molecular weight is 192 g/mol. The molecule has 0 aliphatic heterocycles. The van der Waals surface area contributed by atoms with Crippen molar-refractivity contribution in [2.75, 3.05) is 0 Å². The summed E-state index contributed by atoms with van der Waals surface area (Å²) in [6.45, 7) is 5.81. The summed E-state index contributed by atoms with van der Waals surface area (Å²) in [4.78, 5) is 22.8. The molecule has 1 saturated carbocycles. The Morgan fingerprint density at radius 2 is 2.14 bits per heavy atom. The minimum atomic E-state index is -0.309. The van der Waals surface area contributed by atoms with Gasteiger partial charge in [-0.25, -0.2) is 0 Å². The van der Waals surface area contributed by atoms with Crippen molar-refractivity contribution in [3.8, 4) is 0 Å². The standard InChI is InChI=1S/C12H16O2/c1-6(2)8-4-9-10(5-8)12(14)11(9)7(3)13/h4,6,9-11H,5H2,1-3H3. The Morgan fingerprint density at radius 1 is 1.50 bits per heavy atom. The van der Waals surface area contributed by atoms with Gasteiger partial charge in [0.05, 0.1) is 5.92 Å². The third-order valence-corrected chi connectivity index (χ3v) is 3.56. The molecular formula is C12H16O2. The first-order valence-corrected chi connectivity index (χ1v) is 5.27. The maximum absolute atomic E-state index is 11.6. The Hall–Kier alpha value is -0.920. The molecule has 0 radical (unpaired) electrons. The number of rotatable bonds is 2. The highest BCUT2D eigenvalue weighted by Crippen LogP contribution is 2.48. The van der Waals surface area contributed by atoms with E-state index in [4.69, 9.17) is 0 Å². The summed E-state index contributed by atoms with van der Waals surface area (Å²) < 4.78 is 0. The predicted octanol–water partition coefficient (Wildman–Crippen LogP) is 1.99. The number of ketones is 2. The van der Waals surface area contributed by atoms with Gasteiger partial charge in [0.25, 0.3) is 0 Å². The summed E-state index contributed by atoms with van der Waals surface area (Å²) in [6.07, 6.45) is 3.06. The monoisotopic (exact) mass is 192 g/mol. The normalized spacial score (nSPS) is 35.3. The largest absolute Gasteiger partial charge is 0.299 e. The third-order valence-electron chi connectivity index (χ3n) is 3.56. The Morgan fingerprint density at radius 3 is 2.64 bits per heavy atom. The summed E-state index contributed by atoms with van der Waals surface area (Å²) in [7, 11) is 0. The number of hydrogen-bond donors (Lipinski definition) is 0. The molecule has 3 unspecified atom stereocenters. The van der Waals surface area contributed by atoms with Gasteiger partial charge in [-0.15, -0.1) is 0 Å². The minimum Gasteiger partial charge on any atom is -0.299 e. The highest BCUT2D eigenvalue weighted by atomic mass is 16.2. The summed E-state index contributed by atoms with van der Waals surface area (Å²) in [6, 6.07) is 0. The minimum absolute atomic E-state index is 0.0394. The number of fused-ring (bicyclic) bond motifs is 1. The van der Waals surface area contributed by atoms with Gasteiger partial charge >= 0.3 is 0 Å². The van der Waals surface area contributed by atoms with Crippen molar-refractivity contribution >= 4 is 11.6 Å². The van der Waals surface area contributed by atoms with Crippen molar-refractivity contribution in [3.05, 3.63) is 11.6 Å². The molecule has 0 spiro atoms. The maximum atomic E-state index is 11.6. The van der Waals surface area contributed by atoms with Crippen LogP contribution in [0, 0.1) is 23.7 Å². The molecule has 0 aromatic carbocycles. The molecule has 0 N–H and O–H groups in total. The van der Waals surface area contributed by atoms with E-state index in [1.807, 2.05) is 0 Å². The SMILES string of the molecule is CC(=O)C1C(=O)C2CC(C(C)C)=CC21. The van der Waals surface area contributed by atoms with Gasteiger partial charge in [-0.3, -0.25) is 9.59 Å². The van der Waals surface area contributed by atoms with E-state index in [9.17, 15) is 9.59 Å². The van der Waals surface area contributed by atoms with Crippen LogP contribution in [0.2, 0.25) is 0 Å². The van der Waals surface area contributed by atoms with Crippen molar-refractivity contribution in [1.82, 2.24) is 0 Å². The van der Waals surface area contributed by atoms with E-state index in [0.29, 0.717) is 5.92 Å². The van der Waals surface area contributed by atoms with E-state index in [0.717, 1.165) is 6.42 Å². The predicted molar refractivity (Wildman–Crippen MR) is 53.7 cm³/mol. The second-order valence-electron chi connectivity index (χ2n) is 4.77. The second-order valence-corrected chi connectivity index (χ2v) is 4.77. The van der Waals surface area contributed by atoms with Crippen LogP contribution in [-0.4, -0.2) is 11.6 Å². The van der Waals surface area contributed by atoms with Crippen molar-refractivity contribution in [1.29, 1.82) is 0 Å². The van der Waals surface area contributed by atoms with E-state index in [2.05, 4.69) is 19.9 Å². The van der Waals surface area contributed by atoms with Gasteiger partial charge in [0.2, 0.25) is 0 Å². The van der Waals surface area contributed by atoms with Crippen LogP contribution < -0.4 is 0 Å². The first kappa shape index (κ1) is 9.63. The van der Waals surface area contributed by atoms with E-state index in [1.165, 1.54) is 12.5 Å². The molecule has 2 aliphatic carbocycles. The fraction of sp³-hybridized carbons (Fsp3) is 0.667. The zero-order valence-electron chi connectivity index (χ0n) is 8.91. The van der Waals surface area contributed by atoms with E-state index in [1.54, 1.807) is 0 Å². The van der Waals surface area contributed by atoms with Crippen LogP contribution in [0.1, 0.15) is 27.2 Å². The lowest BCUT2D eigenvalue weighted by Gasteiger charge is -2.36. The molecule has 0 heterocycles. The maximum Gasteiger partial charge on any atom is 0.147 e. The lowest BCUT2D eigenvalue weighted by atomic mass is 9.64. The van der Waals surface area contributed by atoms with E-state index < -0.39 is 0 Å². The molecule has 0 amide bonds. The van der Waals surface area contributed by atoms with Gasteiger partial charge < -0.3 is 0 Å². The molecule has 1 fully saturated rings. The molecule has 0 aromatic heterocycles. The molecule has 2 nitrogen and oxygen atoms in total. The van der Waals surface area contributed by atoms with Crippen LogP contribution in [0.25, 0.3) is 0 Å². The third kappa shape index (κ3) is 1.17. The lowest BCUT2D eigenvalue weighted by Crippen LogP contribution is -2.48. The van der Waals surface area contributed by atoms with Crippen LogP contribution in [0.3, 0.4) is 0 Å². The highest BCUT2D eigenvalue weighted by Gasteiger charge is 2.53. The van der Waals surface area contributed by atoms with Gasteiger partial charge in [0.1, 0.15) is 11.6 Å². The van der Waals surface area contributed by atoms with Crippen molar-refractivity contribution < 1.29 is 9.59 Å². The molecule has 2 aliphatic rings. The number of carbonyl (C=O) groups excluding carboxylic acids is 2. The van der Waals surface area contributed by atoms with Crippen LogP contribution in [0.15, 0.2) is 11.6 Å². The first-order valence-electron chi connectivity index (χ1n) is 5.27. The molecule has 14 heavy (non-hydrogen) atoms. The number of allylic oxidation sites excluding steroid dienone is 2. The number of Topliss-reactive ketones (excluding diaryl/α,β-unsaturated/α-hetero) is 2. The van der Waals surface area contributed by atoms with Crippen LogP contribution in [0.4, 0.5) is 0 Å². The van der Waals surface area contributed by atoms with Crippen molar-refractivity contribution in [2.24, 2.45) is 23.7 Å². The van der Waals surface area contributed by atoms with Gasteiger partial charge in [-0.2, -0.15) is 0 Å². The molecular weight excluding hydrogens is 176 g/mol. The van der Waals surface area contributed by atoms with Crippen LogP contribution in [-0.2, 0) is 9.59 Å². The zero-order chi connectivity index (χ0) is 10.5. The van der Waals surface area contributed by atoms with Crippen molar-refractivity contribution in [2.45, 2.75) is 27.2 Å². The molecule has 2 heteroatoms. The summed E-state index contributed by atoms with van der Waals surface area (Å²) in [5.41, 5.74) is 1.36. The van der Waals surface area contributed by atoms with E-state index in [-0.39, 0.29) is 29.3 Å². The Bertz CT molecular complexity index is 325. The fourth-order valence-electron chi connectivity index (χ4n) is 2.64. The quantitative estimate of drug-likeness (QED) is 0.495. The summed E-state index contributed by atoms with van der Waals surface area (Å²) in [5.74, 6) is 0.794. The summed E-state index contributed by atoms with van der Waals surface area (Å²) in [5, 5.41) is 0.